The number of carbonyl (C=O) groups is 1. The molecule has 2 N–H and O–H groups in total. The summed E-state index contributed by atoms with van der Waals surface area (Å²) in [7, 11) is 0. The molecule has 154 valence electrons. The average Bonchev–Trinajstić information content (AvgIpc) is 2.46. The number of para-hydroxylation sites is 1. The van der Waals surface area contributed by atoms with Gasteiger partial charge in [0.05, 0.1) is 0 Å². The maximum Gasteiger partial charge on any atom is 0.417 e. The second kappa shape index (κ2) is 7.47. The van der Waals surface area contributed by atoms with E-state index in [4.69, 9.17) is 0 Å². The van der Waals surface area contributed by atoms with Gasteiger partial charge in [0.1, 0.15) is 0 Å². The van der Waals surface area contributed by atoms with Gasteiger partial charge in [-0.25, -0.2) is 22.4 Å². The molecule has 27 heavy (non-hydrogen) atoms. The van der Waals surface area contributed by atoms with Crippen LogP contribution in [0.4, 0.5) is 50.0 Å². The van der Waals surface area contributed by atoms with Gasteiger partial charge in [0.2, 0.25) is 0 Å². The summed E-state index contributed by atoms with van der Waals surface area (Å²) < 4.78 is 117. The molecule has 1 atom stereocenters. The Bertz CT molecular complexity index is 654. The third-order valence-corrected chi connectivity index (χ3v) is 3.82. The number of halogens is 9. The minimum atomic E-state index is -5.55. The zero-order valence-electron chi connectivity index (χ0n) is 13.9. The third kappa shape index (κ3) is 5.19. The topological polar surface area (TPSA) is 41.1 Å². The average molecular weight is 410 g/mol. The molecule has 1 rings (SSSR count). The summed E-state index contributed by atoms with van der Waals surface area (Å²) >= 11 is 0. The van der Waals surface area contributed by atoms with E-state index in [9.17, 15) is 44.3 Å². The van der Waals surface area contributed by atoms with Gasteiger partial charge in [-0.2, -0.15) is 22.0 Å². The van der Waals surface area contributed by atoms with Crippen molar-refractivity contribution in [1.82, 2.24) is 5.32 Å². The molecule has 0 aliphatic rings. The van der Waals surface area contributed by atoms with E-state index in [-0.39, 0.29) is 13.8 Å². The highest BCUT2D eigenvalue weighted by Gasteiger charge is 2.65. The molecular weight excluding hydrogens is 395 g/mol. The van der Waals surface area contributed by atoms with E-state index in [0.29, 0.717) is 0 Å². The van der Waals surface area contributed by atoms with Crippen LogP contribution in [-0.4, -0.2) is 36.0 Å². The van der Waals surface area contributed by atoms with Gasteiger partial charge in [-0.3, -0.25) is 0 Å². The predicted molar refractivity (Wildman–Crippen MR) is 78.3 cm³/mol. The molecule has 1 aromatic rings. The fourth-order valence-electron chi connectivity index (χ4n) is 1.94. The largest absolute Gasteiger partial charge is 0.417 e. The molecule has 0 saturated carbocycles. The van der Waals surface area contributed by atoms with E-state index in [1.807, 2.05) is 0 Å². The van der Waals surface area contributed by atoms with Crippen molar-refractivity contribution >= 4 is 11.7 Å². The molecular formula is C15H15F9N2O. The zero-order valence-corrected chi connectivity index (χ0v) is 13.9. The number of anilines is 1. The van der Waals surface area contributed by atoms with E-state index in [0.717, 1.165) is 17.4 Å². The summed E-state index contributed by atoms with van der Waals surface area (Å²) in [4.78, 5) is 11.8. The fraction of sp³-hybridized carbons (Fsp3) is 0.533. The van der Waals surface area contributed by atoms with Crippen LogP contribution in [0.3, 0.4) is 0 Å². The Morgan fingerprint density at radius 1 is 1.00 bits per heavy atom. The first-order valence-electron chi connectivity index (χ1n) is 7.29. The highest BCUT2D eigenvalue weighted by molar-refractivity contribution is 5.90. The Labute approximate surface area is 147 Å². The number of amides is 2. The summed E-state index contributed by atoms with van der Waals surface area (Å²) in [5.41, 5.74) is -5.01. The molecule has 0 bridgehead atoms. The number of hydrogen-bond acceptors (Lipinski definition) is 1. The molecule has 0 fully saturated rings. The van der Waals surface area contributed by atoms with Crippen molar-refractivity contribution in [1.29, 1.82) is 0 Å². The van der Waals surface area contributed by atoms with E-state index < -0.39 is 53.7 Å². The number of urea groups is 1. The lowest BCUT2D eigenvalue weighted by Gasteiger charge is -2.37. The van der Waals surface area contributed by atoms with Crippen molar-refractivity contribution in [2.45, 2.75) is 50.3 Å². The molecule has 0 aliphatic carbocycles. The zero-order chi connectivity index (χ0) is 21.3. The van der Waals surface area contributed by atoms with Gasteiger partial charge in [-0.1, -0.05) is 18.2 Å². The van der Waals surface area contributed by atoms with Crippen molar-refractivity contribution in [3.63, 3.8) is 0 Å². The molecule has 0 aliphatic heterocycles. The maximum absolute atomic E-state index is 13.4. The Hall–Kier alpha value is -2.14. The Morgan fingerprint density at radius 2 is 1.52 bits per heavy atom. The summed E-state index contributed by atoms with van der Waals surface area (Å²) in [5, 5.41) is 2.78. The van der Waals surface area contributed by atoms with E-state index >= 15 is 0 Å². The van der Waals surface area contributed by atoms with Crippen LogP contribution in [0.15, 0.2) is 24.3 Å². The van der Waals surface area contributed by atoms with Crippen LogP contribution in [0.5, 0.6) is 0 Å². The number of rotatable bonds is 6. The summed E-state index contributed by atoms with van der Waals surface area (Å²) in [5.74, 6) is -8.89. The minimum absolute atomic E-state index is 0.0451. The van der Waals surface area contributed by atoms with Crippen molar-refractivity contribution < 1.29 is 44.3 Å². The third-order valence-electron chi connectivity index (χ3n) is 3.82. The quantitative estimate of drug-likeness (QED) is 0.620. The van der Waals surface area contributed by atoms with Crippen LogP contribution < -0.4 is 10.6 Å². The smallest absolute Gasteiger partial charge is 0.319 e. The van der Waals surface area contributed by atoms with Gasteiger partial charge in [-0.15, -0.1) is 0 Å². The van der Waals surface area contributed by atoms with Gasteiger partial charge >= 0.3 is 24.6 Å². The fourth-order valence-corrected chi connectivity index (χ4v) is 1.94. The van der Waals surface area contributed by atoms with Crippen molar-refractivity contribution in [3.8, 4) is 0 Å². The van der Waals surface area contributed by atoms with E-state index in [2.05, 4.69) is 0 Å². The number of alkyl halides is 9. The summed E-state index contributed by atoms with van der Waals surface area (Å²) in [6.45, 7) is -0.0126. The first-order valence-corrected chi connectivity index (χ1v) is 7.29. The predicted octanol–water partition coefficient (Wildman–Crippen LogP) is 5.23. The molecule has 12 heteroatoms. The highest BCUT2D eigenvalue weighted by Crippen LogP contribution is 2.41. The minimum Gasteiger partial charge on any atom is -0.319 e. The summed E-state index contributed by atoms with van der Waals surface area (Å²) in [6.07, 6.45) is -11.1. The molecule has 0 aromatic heterocycles. The monoisotopic (exact) mass is 410 g/mol. The molecule has 3 nitrogen and oxygen atoms in total. The van der Waals surface area contributed by atoms with Crippen LogP contribution in [0.25, 0.3) is 0 Å². The lowest BCUT2D eigenvalue weighted by Crippen LogP contribution is -2.66. The maximum atomic E-state index is 13.4. The van der Waals surface area contributed by atoms with Gasteiger partial charge < -0.3 is 10.6 Å². The normalized spacial score (nSPS) is 15.4. The number of benzene rings is 1. The van der Waals surface area contributed by atoms with Crippen LogP contribution in [-0.2, 0) is 6.42 Å². The Balaban J connectivity index is 3.08. The number of carbonyl (C=O) groups excluding carboxylic acids is 1. The highest BCUT2D eigenvalue weighted by atomic mass is 19.4. The number of hydrogen-bond donors (Lipinski definition) is 2. The second-order valence-electron chi connectivity index (χ2n) is 5.99. The van der Waals surface area contributed by atoms with Crippen molar-refractivity contribution in [2.75, 3.05) is 5.32 Å². The molecule has 0 saturated heterocycles. The lowest BCUT2D eigenvalue weighted by atomic mass is 9.94. The standard InChI is InChI=1S/C15H15F9N2O/c1-12(13(2,18)19,15(22,23)24)26-11(27)25-9-6-4-3-5-8(9)7-14(20,21)10(16)17/h3-6,10H,7H2,1-2H3,(H2,25,26,27). The second-order valence-corrected chi connectivity index (χ2v) is 5.99. The first kappa shape index (κ1) is 22.9. The van der Waals surface area contributed by atoms with Gasteiger partial charge in [0, 0.05) is 19.0 Å². The molecule has 2 amide bonds. The molecule has 0 heterocycles. The van der Waals surface area contributed by atoms with E-state index in [1.165, 1.54) is 12.1 Å². The van der Waals surface area contributed by atoms with Crippen molar-refractivity contribution in [2.24, 2.45) is 0 Å². The molecule has 1 aromatic carbocycles. The Morgan fingerprint density at radius 3 is 1.96 bits per heavy atom. The van der Waals surface area contributed by atoms with Crippen LogP contribution in [0, 0.1) is 0 Å². The molecule has 1 unspecified atom stereocenters. The Kier molecular flexibility index (Phi) is 6.33. The molecule has 0 radical (unpaired) electrons. The van der Waals surface area contributed by atoms with Gasteiger partial charge in [0.15, 0.2) is 5.54 Å². The van der Waals surface area contributed by atoms with Crippen LogP contribution >= 0.6 is 0 Å². The van der Waals surface area contributed by atoms with Crippen LogP contribution in [0.2, 0.25) is 0 Å². The van der Waals surface area contributed by atoms with Crippen molar-refractivity contribution in [3.05, 3.63) is 29.8 Å². The van der Waals surface area contributed by atoms with Gasteiger partial charge in [0.25, 0.3) is 5.92 Å². The number of nitrogens with one attached hydrogen (secondary N) is 2. The summed E-state index contributed by atoms with van der Waals surface area (Å²) in [6, 6.07) is 2.45. The molecule has 0 spiro atoms. The van der Waals surface area contributed by atoms with E-state index in [1.54, 1.807) is 5.32 Å². The van der Waals surface area contributed by atoms with Gasteiger partial charge in [-0.05, 0) is 18.6 Å². The SMILES string of the molecule is CC(F)(F)C(C)(NC(=O)Nc1ccccc1CC(F)(F)C(F)F)C(F)(F)F. The first-order chi connectivity index (χ1) is 12.0. The lowest BCUT2D eigenvalue weighted by molar-refractivity contribution is -0.249. The van der Waals surface area contributed by atoms with Crippen LogP contribution in [0.1, 0.15) is 19.4 Å².